The minimum atomic E-state index is -0.667. The van der Waals surface area contributed by atoms with Crippen LogP contribution < -0.4 is 15.4 Å². The molecule has 3 N–H and O–H groups in total. The van der Waals surface area contributed by atoms with Gasteiger partial charge in [0.05, 0.1) is 36.4 Å². The maximum Gasteiger partial charge on any atom is 0.244 e. The van der Waals surface area contributed by atoms with E-state index in [1.165, 1.54) is 0 Å². The van der Waals surface area contributed by atoms with E-state index in [9.17, 15) is 19.5 Å². The minimum Gasteiger partial charge on any atom is -0.494 e. The molecule has 0 radical (unpaired) electrons. The molecule has 3 amide bonds. The second kappa shape index (κ2) is 12.0. The second-order valence-corrected chi connectivity index (χ2v) is 12.4. The fourth-order valence-corrected chi connectivity index (χ4v) is 9.31. The predicted octanol–water partition coefficient (Wildman–Crippen LogP) is 1.19. The van der Waals surface area contributed by atoms with Crippen LogP contribution in [-0.4, -0.2) is 108 Å². The van der Waals surface area contributed by atoms with Crippen molar-refractivity contribution in [2.24, 2.45) is 17.8 Å². The molecule has 5 rings (SSSR count). The molecular formula is C28H40N4O6S. The van der Waals surface area contributed by atoms with Gasteiger partial charge in [0.25, 0.3) is 0 Å². The summed E-state index contributed by atoms with van der Waals surface area (Å²) in [5.74, 6) is -0.758. The summed E-state index contributed by atoms with van der Waals surface area (Å²) in [6, 6.07) is 6.56. The number of fused-ring (bicyclic) bond motifs is 1. The Labute approximate surface area is 234 Å². The van der Waals surface area contributed by atoms with Gasteiger partial charge in [-0.2, -0.15) is 0 Å². The van der Waals surface area contributed by atoms with Crippen LogP contribution in [0.5, 0.6) is 5.75 Å². The van der Waals surface area contributed by atoms with Crippen molar-refractivity contribution in [3.8, 4) is 5.75 Å². The van der Waals surface area contributed by atoms with E-state index < -0.39 is 22.6 Å². The third kappa shape index (κ3) is 5.26. The lowest BCUT2D eigenvalue weighted by Gasteiger charge is -2.38. The fraction of sp³-hybridized carbons (Fsp3) is 0.679. The lowest BCUT2D eigenvalue weighted by molar-refractivity contribution is -0.139. The molecular weight excluding hydrogens is 520 g/mol. The maximum absolute atomic E-state index is 14.0. The molecule has 1 spiro atoms. The molecule has 4 aliphatic rings. The summed E-state index contributed by atoms with van der Waals surface area (Å²) in [5.41, 5.74) is 0.651. The normalized spacial score (nSPS) is 31.8. The van der Waals surface area contributed by atoms with Gasteiger partial charge in [-0.3, -0.25) is 19.3 Å². The summed E-state index contributed by atoms with van der Waals surface area (Å²) in [4.78, 5) is 45.3. The second-order valence-electron chi connectivity index (χ2n) is 10.9. The zero-order valence-electron chi connectivity index (χ0n) is 22.8. The Morgan fingerprint density at radius 2 is 1.92 bits per heavy atom. The van der Waals surface area contributed by atoms with Gasteiger partial charge in [0, 0.05) is 50.3 Å². The minimum absolute atomic E-state index is 0.0275. The Hall–Kier alpha value is -2.34. The molecule has 1 aromatic rings. The Kier molecular flexibility index (Phi) is 8.70. The number of morpholine rings is 1. The van der Waals surface area contributed by atoms with Crippen LogP contribution in [0.1, 0.15) is 26.7 Å². The average molecular weight is 561 g/mol. The van der Waals surface area contributed by atoms with Crippen LogP contribution in [0.15, 0.2) is 24.3 Å². The SMILES string of the molecule is CCOc1ccc(NC(=O)[C@@H]2[C@H]3C(=O)N(CCCO)C(C(=O)NCCN4CCOCC4)C34S[C@@H]2CC4C)cc1. The molecule has 4 saturated heterocycles. The summed E-state index contributed by atoms with van der Waals surface area (Å²) in [6.07, 6.45) is 1.17. The van der Waals surface area contributed by atoms with Crippen LogP contribution in [0.25, 0.3) is 0 Å². The van der Waals surface area contributed by atoms with Gasteiger partial charge in [-0.25, -0.2) is 0 Å². The van der Waals surface area contributed by atoms with Gasteiger partial charge in [-0.05, 0) is 49.9 Å². The summed E-state index contributed by atoms with van der Waals surface area (Å²) in [5, 5.41) is 15.6. The molecule has 10 nitrogen and oxygen atoms in total. The van der Waals surface area contributed by atoms with E-state index in [2.05, 4.69) is 22.5 Å². The van der Waals surface area contributed by atoms with Gasteiger partial charge >= 0.3 is 0 Å². The van der Waals surface area contributed by atoms with Gasteiger partial charge in [-0.1, -0.05) is 6.92 Å². The first-order chi connectivity index (χ1) is 18.9. The van der Waals surface area contributed by atoms with E-state index in [4.69, 9.17) is 9.47 Å². The third-order valence-electron chi connectivity index (χ3n) is 8.62. The number of aliphatic hydroxyl groups excluding tert-OH is 1. The smallest absolute Gasteiger partial charge is 0.244 e. The van der Waals surface area contributed by atoms with E-state index in [0.717, 1.165) is 31.8 Å². The predicted molar refractivity (Wildman–Crippen MR) is 149 cm³/mol. The summed E-state index contributed by atoms with van der Waals surface area (Å²) >= 11 is 1.66. The highest BCUT2D eigenvalue weighted by Gasteiger charge is 2.75. The highest BCUT2D eigenvalue weighted by atomic mass is 32.2. The first-order valence-electron chi connectivity index (χ1n) is 14.1. The number of aliphatic hydroxyl groups is 1. The van der Waals surface area contributed by atoms with Gasteiger partial charge in [-0.15, -0.1) is 11.8 Å². The quantitative estimate of drug-likeness (QED) is 0.369. The van der Waals surface area contributed by atoms with E-state index in [-0.39, 0.29) is 35.5 Å². The Morgan fingerprint density at radius 1 is 1.18 bits per heavy atom. The molecule has 0 aliphatic carbocycles. The molecule has 2 bridgehead atoms. The van der Waals surface area contributed by atoms with Gasteiger partial charge in [0.15, 0.2) is 0 Å². The Morgan fingerprint density at radius 3 is 2.62 bits per heavy atom. The van der Waals surface area contributed by atoms with Gasteiger partial charge in [0.2, 0.25) is 17.7 Å². The molecule has 4 heterocycles. The number of benzene rings is 1. The van der Waals surface area contributed by atoms with Gasteiger partial charge in [0.1, 0.15) is 11.8 Å². The fourth-order valence-electron chi connectivity index (χ4n) is 6.89. The number of hydrogen-bond donors (Lipinski definition) is 3. The van der Waals surface area contributed by atoms with Gasteiger partial charge < -0.3 is 30.1 Å². The molecule has 0 saturated carbocycles. The standard InChI is InChI=1S/C28H40N4O6S/c1-3-38-20-7-5-19(6-8-20)30-25(34)22-21-17-18(2)28(39-21)23(22)27(36)32(10-4-14-33)24(28)26(35)29-9-11-31-12-15-37-16-13-31/h5-8,18,21-24,33H,3-4,9-17H2,1-2H3,(H,29,35)(H,30,34)/t18?,21-,22+,23+,24?,28?/m1/s1. The number of hydrogen-bond acceptors (Lipinski definition) is 8. The summed E-state index contributed by atoms with van der Waals surface area (Å²) < 4.78 is 10.2. The molecule has 39 heavy (non-hydrogen) atoms. The molecule has 214 valence electrons. The van der Waals surface area contributed by atoms with Crippen molar-refractivity contribution in [1.82, 2.24) is 15.1 Å². The van der Waals surface area contributed by atoms with Crippen molar-refractivity contribution >= 4 is 35.2 Å². The number of thioether (sulfide) groups is 1. The van der Waals surface area contributed by atoms with Crippen molar-refractivity contribution in [1.29, 1.82) is 0 Å². The largest absolute Gasteiger partial charge is 0.494 e. The van der Waals surface area contributed by atoms with Crippen LogP contribution in [0, 0.1) is 17.8 Å². The van der Waals surface area contributed by atoms with Crippen LogP contribution in [0.4, 0.5) is 5.69 Å². The lowest BCUT2D eigenvalue weighted by Crippen LogP contribution is -2.57. The number of rotatable bonds is 11. The first kappa shape index (κ1) is 28.2. The van der Waals surface area contributed by atoms with Crippen LogP contribution in [-0.2, 0) is 19.1 Å². The molecule has 11 heteroatoms. The number of carbonyl (C=O) groups is 3. The van der Waals surface area contributed by atoms with Crippen molar-refractivity contribution in [2.75, 3.05) is 64.5 Å². The van der Waals surface area contributed by atoms with Crippen LogP contribution >= 0.6 is 11.8 Å². The molecule has 4 aliphatic heterocycles. The van der Waals surface area contributed by atoms with Crippen molar-refractivity contribution in [3.05, 3.63) is 24.3 Å². The average Bonchev–Trinajstić information content (AvgIpc) is 3.52. The molecule has 0 aromatic heterocycles. The van der Waals surface area contributed by atoms with E-state index in [1.54, 1.807) is 28.8 Å². The molecule has 1 aromatic carbocycles. The highest BCUT2D eigenvalue weighted by molar-refractivity contribution is 8.02. The van der Waals surface area contributed by atoms with Crippen LogP contribution in [0.3, 0.4) is 0 Å². The number of nitrogens with one attached hydrogen (secondary N) is 2. The number of ether oxygens (including phenoxy) is 2. The first-order valence-corrected chi connectivity index (χ1v) is 15.0. The van der Waals surface area contributed by atoms with Crippen molar-refractivity contribution in [3.63, 3.8) is 0 Å². The maximum atomic E-state index is 14.0. The topological polar surface area (TPSA) is 120 Å². The highest BCUT2D eigenvalue weighted by Crippen LogP contribution is 2.68. The van der Waals surface area contributed by atoms with Crippen LogP contribution in [0.2, 0.25) is 0 Å². The van der Waals surface area contributed by atoms with Crippen molar-refractivity contribution in [2.45, 2.75) is 42.7 Å². The van der Waals surface area contributed by atoms with E-state index >= 15 is 0 Å². The molecule has 3 unspecified atom stereocenters. The number of likely N-dealkylation sites (tertiary alicyclic amines) is 1. The number of carbonyl (C=O) groups excluding carboxylic acids is 3. The zero-order valence-corrected chi connectivity index (χ0v) is 23.6. The summed E-state index contributed by atoms with van der Waals surface area (Å²) in [6.45, 7) is 9.09. The van der Waals surface area contributed by atoms with Crippen molar-refractivity contribution < 1.29 is 29.0 Å². The Bertz CT molecular complexity index is 1050. The third-order valence-corrected chi connectivity index (χ3v) is 10.7. The Balaban J connectivity index is 1.35. The number of amides is 3. The molecule has 6 atom stereocenters. The van der Waals surface area contributed by atoms with E-state index in [0.29, 0.717) is 45.0 Å². The zero-order chi connectivity index (χ0) is 27.6. The number of nitrogens with zero attached hydrogens (tertiary/aromatic N) is 2. The molecule has 4 fully saturated rings. The number of anilines is 1. The summed E-state index contributed by atoms with van der Waals surface area (Å²) in [7, 11) is 0. The monoisotopic (exact) mass is 560 g/mol. The lowest BCUT2D eigenvalue weighted by atomic mass is 9.66. The van der Waals surface area contributed by atoms with E-state index in [1.807, 2.05) is 19.1 Å².